The van der Waals surface area contributed by atoms with Gasteiger partial charge in [0.05, 0.1) is 16.7 Å². The Morgan fingerprint density at radius 3 is 2.55 bits per heavy atom. The lowest BCUT2D eigenvalue weighted by Crippen LogP contribution is -2.36. The first-order chi connectivity index (χ1) is 13.7. The molecule has 0 spiro atoms. The Morgan fingerprint density at radius 2 is 1.86 bits per heavy atom. The Hall–Kier alpha value is -2.80. The van der Waals surface area contributed by atoms with Crippen LogP contribution >= 0.6 is 15.9 Å². The number of nitrogens with zero attached hydrogens (tertiary/aromatic N) is 1. The summed E-state index contributed by atoms with van der Waals surface area (Å²) in [5, 5.41) is 16.8. The third-order valence-corrected chi connectivity index (χ3v) is 4.88. The first-order valence-corrected chi connectivity index (χ1v) is 10.1. The van der Waals surface area contributed by atoms with Crippen LogP contribution in [0.15, 0.2) is 59.2 Å². The quantitative estimate of drug-likeness (QED) is 0.241. The summed E-state index contributed by atoms with van der Waals surface area (Å²) >= 11 is 3.54. The lowest BCUT2D eigenvalue weighted by Gasteiger charge is -2.22. The molecule has 0 saturated heterocycles. The maximum Gasteiger partial charge on any atom is 0.407 e. The monoisotopic (exact) mass is 457 g/mol. The maximum absolute atomic E-state index is 13.1. The molecule has 0 aliphatic heterocycles. The molecule has 0 fully saturated rings. The molecule has 0 aliphatic carbocycles. The summed E-state index contributed by atoms with van der Waals surface area (Å²) in [6, 6.07) is 16.4. The van der Waals surface area contributed by atoms with Crippen LogP contribution in [0.3, 0.4) is 0 Å². The second-order valence-corrected chi connectivity index (χ2v) is 8.49. The normalized spacial score (nSPS) is 13.3. The first kappa shape index (κ1) is 20.9. The van der Waals surface area contributed by atoms with Gasteiger partial charge in [-0.1, -0.05) is 36.4 Å². The van der Waals surface area contributed by atoms with E-state index in [0.717, 1.165) is 26.8 Å². The maximum atomic E-state index is 13.1. The molecule has 7 heteroatoms. The minimum atomic E-state index is -0.659. The third kappa shape index (κ3) is 5.38. The molecule has 2 N–H and O–H groups in total. The molecule has 0 aliphatic rings. The summed E-state index contributed by atoms with van der Waals surface area (Å²) < 4.78 is 6.89. The highest BCUT2D eigenvalue weighted by molar-refractivity contribution is 9.10. The average Bonchev–Trinajstić information content (AvgIpc) is 2.97. The predicted molar refractivity (Wildman–Crippen MR) is 118 cm³/mol. The Bertz CT molecular complexity index is 1020. The van der Waals surface area contributed by atoms with Gasteiger partial charge in [0, 0.05) is 16.5 Å². The predicted octanol–water partition coefficient (Wildman–Crippen LogP) is 5.13. The number of nitrogens with one attached hydrogen (secondary N) is 2. The molecule has 0 saturated carbocycles. The van der Waals surface area contributed by atoms with Crippen LogP contribution in [0.25, 0.3) is 10.9 Å². The van der Waals surface area contributed by atoms with Crippen molar-refractivity contribution in [2.24, 2.45) is 0 Å². The molecule has 0 bridgehead atoms. The number of amides is 1. The van der Waals surface area contributed by atoms with Crippen LogP contribution in [0.4, 0.5) is 4.79 Å². The van der Waals surface area contributed by atoms with Gasteiger partial charge >= 0.3 is 6.09 Å². The van der Waals surface area contributed by atoms with Gasteiger partial charge in [-0.05, 0) is 54.9 Å². The van der Waals surface area contributed by atoms with Gasteiger partial charge in [0.2, 0.25) is 6.04 Å². The average molecular weight is 458 g/mol. The van der Waals surface area contributed by atoms with E-state index in [1.807, 2.05) is 54.6 Å². The summed E-state index contributed by atoms with van der Waals surface area (Å²) in [5.41, 5.74) is 1.85. The Kier molecular flexibility index (Phi) is 6.27. The van der Waals surface area contributed by atoms with E-state index in [1.165, 1.54) is 6.21 Å². The van der Waals surface area contributed by atoms with Crippen molar-refractivity contribution >= 4 is 39.1 Å². The summed E-state index contributed by atoms with van der Waals surface area (Å²) in [6.07, 6.45) is 0.960. The molecular weight excluding hydrogens is 434 g/mol. The number of halogens is 1. The smallest absolute Gasteiger partial charge is 0.407 e. The van der Waals surface area contributed by atoms with Crippen molar-refractivity contribution in [1.29, 1.82) is 0 Å². The fourth-order valence-electron chi connectivity index (χ4n) is 3.05. The number of rotatable bonds is 5. The molecule has 29 heavy (non-hydrogen) atoms. The summed E-state index contributed by atoms with van der Waals surface area (Å²) in [5.74, 6) is 0. The number of ether oxygens (including phenoxy) is 1. The van der Waals surface area contributed by atoms with Gasteiger partial charge in [-0.25, -0.2) is 9.53 Å². The van der Waals surface area contributed by atoms with E-state index in [0.29, 0.717) is 4.60 Å². The topological polar surface area (TPSA) is 80.2 Å². The van der Waals surface area contributed by atoms with E-state index in [1.54, 1.807) is 20.8 Å². The van der Waals surface area contributed by atoms with Gasteiger partial charge in [-0.2, -0.15) is 0 Å². The first-order valence-electron chi connectivity index (χ1n) is 9.33. The van der Waals surface area contributed by atoms with Gasteiger partial charge in [-0.15, -0.1) is 0 Å². The van der Waals surface area contributed by atoms with Crippen LogP contribution < -0.4 is 5.32 Å². The summed E-state index contributed by atoms with van der Waals surface area (Å²) in [4.78, 5) is 15.4. The minimum absolute atomic E-state index is 0.0855. The molecule has 6 nitrogen and oxygen atoms in total. The number of hydrogen-bond acceptors (Lipinski definition) is 3. The number of benzene rings is 2. The van der Waals surface area contributed by atoms with Crippen molar-refractivity contribution < 1.29 is 14.3 Å². The minimum Gasteiger partial charge on any atom is -0.623 e. The highest BCUT2D eigenvalue weighted by Crippen LogP contribution is 2.33. The molecule has 1 unspecified atom stereocenters. The molecule has 1 amide bonds. The van der Waals surface area contributed by atoms with Gasteiger partial charge in [0.25, 0.3) is 0 Å². The molecule has 1 aromatic heterocycles. The highest BCUT2D eigenvalue weighted by Gasteiger charge is 2.28. The zero-order valence-electron chi connectivity index (χ0n) is 16.6. The number of H-pyrrole nitrogens is 1. The Labute approximate surface area is 178 Å². The Balaban J connectivity index is 1.96. The zero-order chi connectivity index (χ0) is 21.0. The molecule has 152 valence electrons. The van der Waals surface area contributed by atoms with E-state index in [2.05, 4.69) is 26.2 Å². The molecule has 3 rings (SSSR count). The number of aromatic amines is 1. The third-order valence-electron chi connectivity index (χ3n) is 4.25. The number of alkyl carbamates (subject to hydrolysis) is 1. The molecular formula is C22H24BrN3O3. The molecule has 1 atom stereocenters. The fourth-order valence-corrected chi connectivity index (χ4v) is 3.74. The zero-order valence-corrected chi connectivity index (χ0v) is 18.2. The standard InChI is InChI=1S/C22H24BrN3O3/c1-22(2,3)29-21(27)24-13-18(26(28)14-15-9-5-4-6-10-15)19-16-11-7-8-12-17(16)25-20(19)23/h4-12,14,18,25H,13H2,1-3H3,(H,24,27). The number of carbonyl (C=O) groups is 1. The number of carbonyl (C=O) groups excluding carboxylic acids is 1. The van der Waals surface area contributed by atoms with Crippen LogP contribution in [0.1, 0.15) is 37.9 Å². The second-order valence-electron chi connectivity index (χ2n) is 7.70. The van der Waals surface area contributed by atoms with E-state index >= 15 is 0 Å². The fraction of sp³-hybridized carbons (Fsp3) is 0.273. The van der Waals surface area contributed by atoms with Gasteiger partial charge in [0.15, 0.2) is 6.21 Å². The number of para-hydroxylation sites is 1. The molecule has 0 radical (unpaired) electrons. The lowest BCUT2D eigenvalue weighted by molar-refractivity contribution is -0.500. The van der Waals surface area contributed by atoms with Crippen molar-refractivity contribution in [3.8, 4) is 0 Å². The summed E-state index contributed by atoms with van der Waals surface area (Å²) in [6.45, 7) is 5.47. The van der Waals surface area contributed by atoms with Crippen molar-refractivity contribution in [2.45, 2.75) is 32.4 Å². The van der Waals surface area contributed by atoms with E-state index < -0.39 is 17.7 Å². The molecule has 3 aromatic rings. The van der Waals surface area contributed by atoms with Crippen molar-refractivity contribution in [3.63, 3.8) is 0 Å². The SMILES string of the molecule is CC(C)(C)OC(=O)NCC(c1c(Br)[nH]c2ccccc12)[N+]([O-])=Cc1ccccc1. The lowest BCUT2D eigenvalue weighted by atomic mass is 10.1. The number of hydrogen-bond donors (Lipinski definition) is 2. The van der Waals surface area contributed by atoms with Gasteiger partial charge in [-0.3, -0.25) is 0 Å². The van der Waals surface area contributed by atoms with Crippen molar-refractivity contribution in [3.05, 3.63) is 75.5 Å². The van der Waals surface area contributed by atoms with E-state index in [9.17, 15) is 10.0 Å². The van der Waals surface area contributed by atoms with Crippen LogP contribution in [0, 0.1) is 5.21 Å². The van der Waals surface area contributed by atoms with Crippen LogP contribution in [0.5, 0.6) is 0 Å². The van der Waals surface area contributed by atoms with Gasteiger partial charge < -0.3 is 20.2 Å². The van der Waals surface area contributed by atoms with Crippen molar-refractivity contribution in [2.75, 3.05) is 6.54 Å². The highest BCUT2D eigenvalue weighted by atomic mass is 79.9. The number of fused-ring (bicyclic) bond motifs is 1. The second kappa shape index (κ2) is 8.69. The summed E-state index contributed by atoms with van der Waals surface area (Å²) in [7, 11) is 0. The molecule has 1 heterocycles. The largest absolute Gasteiger partial charge is 0.623 e. The molecule has 2 aromatic carbocycles. The van der Waals surface area contributed by atoms with E-state index in [-0.39, 0.29) is 6.54 Å². The Morgan fingerprint density at radius 1 is 1.21 bits per heavy atom. The number of aromatic nitrogens is 1. The van der Waals surface area contributed by atoms with Crippen LogP contribution in [0.2, 0.25) is 0 Å². The van der Waals surface area contributed by atoms with E-state index in [4.69, 9.17) is 4.74 Å². The number of hydroxylamine groups is 1. The van der Waals surface area contributed by atoms with Crippen LogP contribution in [-0.4, -0.2) is 34.2 Å². The van der Waals surface area contributed by atoms with Crippen molar-refractivity contribution in [1.82, 2.24) is 10.3 Å². The van der Waals surface area contributed by atoms with Gasteiger partial charge in [0.1, 0.15) is 5.60 Å². The van der Waals surface area contributed by atoms with Crippen LogP contribution in [-0.2, 0) is 4.74 Å².